The molecule has 1 aromatic rings. The lowest BCUT2D eigenvalue weighted by Gasteiger charge is -2.35. The Morgan fingerprint density at radius 1 is 1.44 bits per heavy atom. The molecule has 0 amide bonds. The molecule has 0 aliphatic heterocycles. The Kier molecular flexibility index (Phi) is 3.57. The first-order valence-electron chi connectivity index (χ1n) is 6.20. The number of hydrogen-bond acceptors (Lipinski definition) is 4. The highest BCUT2D eigenvalue weighted by Crippen LogP contribution is 2.30. The minimum atomic E-state index is -0.142. The van der Waals surface area contributed by atoms with Gasteiger partial charge in [0, 0.05) is 25.3 Å². The summed E-state index contributed by atoms with van der Waals surface area (Å²) in [4.78, 5) is 13.3. The predicted molar refractivity (Wildman–Crippen MR) is 70.1 cm³/mol. The van der Waals surface area contributed by atoms with E-state index in [2.05, 4.69) is 0 Å². The standard InChI is InChI=1S/C14H19NO3/c1-9(16)13-4-3-11(7-14(13)18)15(2)8-10-5-12(17)6-10/h3-4,7,10,12,17-18H,5-6,8H2,1-2H3. The van der Waals surface area contributed by atoms with E-state index in [0.717, 1.165) is 25.1 Å². The number of hydrogen-bond donors (Lipinski definition) is 2. The van der Waals surface area contributed by atoms with Crippen LogP contribution in [0.3, 0.4) is 0 Å². The van der Waals surface area contributed by atoms with Crippen molar-refractivity contribution in [3.63, 3.8) is 0 Å². The Bertz CT molecular complexity index is 452. The van der Waals surface area contributed by atoms with Crippen LogP contribution in [0.2, 0.25) is 0 Å². The van der Waals surface area contributed by atoms with Crippen LogP contribution >= 0.6 is 0 Å². The van der Waals surface area contributed by atoms with Gasteiger partial charge in [0.1, 0.15) is 5.75 Å². The molecule has 2 N–H and O–H groups in total. The number of anilines is 1. The number of rotatable bonds is 4. The van der Waals surface area contributed by atoms with Crippen LogP contribution < -0.4 is 4.90 Å². The second kappa shape index (κ2) is 4.98. The van der Waals surface area contributed by atoms with Crippen LogP contribution in [0.15, 0.2) is 18.2 Å². The van der Waals surface area contributed by atoms with Crippen molar-refractivity contribution in [2.75, 3.05) is 18.5 Å². The lowest BCUT2D eigenvalue weighted by Crippen LogP contribution is -2.37. The third kappa shape index (κ3) is 2.64. The average Bonchev–Trinajstić information content (AvgIpc) is 2.26. The molecule has 0 heterocycles. The molecular formula is C14H19NO3. The first-order valence-corrected chi connectivity index (χ1v) is 6.20. The molecule has 18 heavy (non-hydrogen) atoms. The van der Waals surface area contributed by atoms with Crippen molar-refractivity contribution < 1.29 is 15.0 Å². The number of carbonyl (C=O) groups excluding carboxylic acids is 1. The minimum Gasteiger partial charge on any atom is -0.507 e. The summed E-state index contributed by atoms with van der Waals surface area (Å²) >= 11 is 0. The molecule has 0 unspecified atom stereocenters. The largest absolute Gasteiger partial charge is 0.507 e. The Balaban J connectivity index is 2.04. The second-order valence-electron chi connectivity index (χ2n) is 5.13. The van der Waals surface area contributed by atoms with Gasteiger partial charge in [-0.25, -0.2) is 0 Å². The number of aliphatic hydroxyl groups excluding tert-OH is 1. The van der Waals surface area contributed by atoms with Crippen molar-refractivity contribution in [3.8, 4) is 5.75 Å². The summed E-state index contributed by atoms with van der Waals surface area (Å²) < 4.78 is 0. The van der Waals surface area contributed by atoms with Crippen LogP contribution in [0.5, 0.6) is 5.75 Å². The molecule has 2 rings (SSSR count). The van der Waals surface area contributed by atoms with E-state index in [-0.39, 0.29) is 17.6 Å². The molecule has 4 nitrogen and oxygen atoms in total. The Labute approximate surface area is 107 Å². The zero-order valence-electron chi connectivity index (χ0n) is 10.8. The van der Waals surface area contributed by atoms with E-state index >= 15 is 0 Å². The summed E-state index contributed by atoms with van der Waals surface area (Å²) in [5, 5.41) is 19.0. The quantitative estimate of drug-likeness (QED) is 0.799. The van der Waals surface area contributed by atoms with E-state index in [9.17, 15) is 15.0 Å². The predicted octanol–water partition coefficient (Wildman–Crippen LogP) is 1.80. The number of Topliss-reactive ketones (excluding diaryl/α,β-unsaturated/α-hetero) is 1. The highest BCUT2D eigenvalue weighted by Gasteiger charge is 2.28. The molecule has 0 bridgehead atoms. The molecule has 0 atom stereocenters. The molecule has 1 fully saturated rings. The fourth-order valence-corrected chi connectivity index (χ4v) is 2.40. The third-order valence-electron chi connectivity index (χ3n) is 3.54. The Morgan fingerprint density at radius 2 is 2.11 bits per heavy atom. The number of nitrogens with zero attached hydrogens (tertiary/aromatic N) is 1. The van der Waals surface area contributed by atoms with Gasteiger partial charge in [-0.2, -0.15) is 0 Å². The molecule has 0 aromatic heterocycles. The number of phenols is 1. The summed E-state index contributed by atoms with van der Waals surface area (Å²) in [6.45, 7) is 2.30. The summed E-state index contributed by atoms with van der Waals surface area (Å²) in [5.74, 6) is 0.406. The fourth-order valence-electron chi connectivity index (χ4n) is 2.40. The maximum atomic E-state index is 11.2. The van der Waals surface area contributed by atoms with Gasteiger partial charge in [0.15, 0.2) is 5.78 Å². The molecule has 4 heteroatoms. The van der Waals surface area contributed by atoms with E-state index in [1.807, 2.05) is 18.0 Å². The molecule has 1 aliphatic carbocycles. The average molecular weight is 249 g/mol. The Morgan fingerprint density at radius 3 is 2.61 bits per heavy atom. The first-order chi connectivity index (χ1) is 8.47. The number of aromatic hydroxyl groups is 1. The van der Waals surface area contributed by atoms with E-state index in [0.29, 0.717) is 11.5 Å². The van der Waals surface area contributed by atoms with Crippen molar-refractivity contribution in [3.05, 3.63) is 23.8 Å². The molecule has 1 aliphatic rings. The number of benzene rings is 1. The minimum absolute atomic E-state index is 0.0282. The lowest BCUT2D eigenvalue weighted by atomic mass is 9.82. The smallest absolute Gasteiger partial charge is 0.163 e. The van der Waals surface area contributed by atoms with Gasteiger partial charge < -0.3 is 15.1 Å². The highest BCUT2D eigenvalue weighted by molar-refractivity contribution is 5.97. The summed E-state index contributed by atoms with van der Waals surface area (Å²) in [7, 11) is 1.95. The second-order valence-corrected chi connectivity index (χ2v) is 5.13. The zero-order chi connectivity index (χ0) is 13.3. The fraction of sp³-hybridized carbons (Fsp3) is 0.500. The topological polar surface area (TPSA) is 60.8 Å². The SMILES string of the molecule is CC(=O)c1ccc(N(C)CC2CC(O)C2)cc1O. The molecule has 1 aromatic carbocycles. The van der Waals surface area contributed by atoms with Crippen molar-refractivity contribution in [1.29, 1.82) is 0 Å². The zero-order valence-corrected chi connectivity index (χ0v) is 10.8. The summed E-state index contributed by atoms with van der Waals surface area (Å²) in [6.07, 6.45) is 1.56. The monoisotopic (exact) mass is 249 g/mol. The van der Waals surface area contributed by atoms with E-state index < -0.39 is 0 Å². The van der Waals surface area contributed by atoms with Crippen LogP contribution in [-0.4, -0.2) is 35.7 Å². The lowest BCUT2D eigenvalue weighted by molar-refractivity contribution is 0.0464. The van der Waals surface area contributed by atoms with Gasteiger partial charge in [0.2, 0.25) is 0 Å². The number of carbonyl (C=O) groups is 1. The van der Waals surface area contributed by atoms with Crippen LogP contribution in [0.1, 0.15) is 30.1 Å². The normalized spacial score (nSPS) is 22.4. The van der Waals surface area contributed by atoms with Gasteiger partial charge in [-0.05, 0) is 37.8 Å². The van der Waals surface area contributed by atoms with Crippen LogP contribution in [-0.2, 0) is 0 Å². The van der Waals surface area contributed by atoms with Gasteiger partial charge in [-0.3, -0.25) is 4.79 Å². The van der Waals surface area contributed by atoms with Gasteiger partial charge in [-0.15, -0.1) is 0 Å². The van der Waals surface area contributed by atoms with Crippen LogP contribution in [0.4, 0.5) is 5.69 Å². The van der Waals surface area contributed by atoms with E-state index in [4.69, 9.17) is 0 Å². The van der Waals surface area contributed by atoms with Gasteiger partial charge in [0.05, 0.1) is 11.7 Å². The summed E-state index contributed by atoms with van der Waals surface area (Å²) in [6, 6.07) is 5.11. The molecule has 0 saturated heterocycles. The molecule has 0 radical (unpaired) electrons. The number of ketones is 1. The van der Waals surface area contributed by atoms with Crippen molar-refractivity contribution >= 4 is 11.5 Å². The highest BCUT2D eigenvalue weighted by atomic mass is 16.3. The summed E-state index contributed by atoms with van der Waals surface area (Å²) in [5.41, 5.74) is 1.24. The molecule has 1 saturated carbocycles. The van der Waals surface area contributed by atoms with Gasteiger partial charge >= 0.3 is 0 Å². The van der Waals surface area contributed by atoms with Crippen LogP contribution in [0.25, 0.3) is 0 Å². The number of phenolic OH excluding ortho intramolecular Hbond substituents is 1. The van der Waals surface area contributed by atoms with Crippen molar-refractivity contribution in [2.45, 2.75) is 25.9 Å². The number of aliphatic hydroxyl groups is 1. The molecule has 98 valence electrons. The first kappa shape index (κ1) is 12.9. The van der Waals surface area contributed by atoms with E-state index in [1.165, 1.54) is 6.92 Å². The maximum Gasteiger partial charge on any atom is 0.163 e. The molecule has 0 spiro atoms. The van der Waals surface area contributed by atoms with Crippen LogP contribution in [0, 0.1) is 5.92 Å². The van der Waals surface area contributed by atoms with Crippen molar-refractivity contribution in [2.24, 2.45) is 5.92 Å². The van der Waals surface area contributed by atoms with Crippen molar-refractivity contribution in [1.82, 2.24) is 0 Å². The van der Waals surface area contributed by atoms with E-state index in [1.54, 1.807) is 12.1 Å². The Hall–Kier alpha value is -1.55. The van der Waals surface area contributed by atoms with Gasteiger partial charge in [0.25, 0.3) is 0 Å². The molecular weight excluding hydrogens is 230 g/mol. The third-order valence-corrected chi connectivity index (χ3v) is 3.54. The van der Waals surface area contributed by atoms with Gasteiger partial charge in [-0.1, -0.05) is 0 Å². The maximum absolute atomic E-state index is 11.2.